The summed E-state index contributed by atoms with van der Waals surface area (Å²) >= 11 is 0.103. The lowest BCUT2D eigenvalue weighted by Gasteiger charge is -2.17. The molecule has 0 aliphatic rings. The lowest BCUT2D eigenvalue weighted by atomic mass is 10.3. The van der Waals surface area contributed by atoms with Crippen LogP contribution in [0.25, 0.3) is 0 Å². The maximum atomic E-state index is 11.6. The fourth-order valence-electron chi connectivity index (χ4n) is 0.740. The Morgan fingerprint density at radius 2 is 2.20 bits per heavy atom. The number of nitrogens with zero attached hydrogens (tertiary/aromatic N) is 2. The minimum Gasteiger partial charge on any atom is -0.591 e. The minimum atomic E-state index is -1.24. The van der Waals surface area contributed by atoms with Gasteiger partial charge in [0.1, 0.15) is 27.1 Å². The van der Waals surface area contributed by atoms with Gasteiger partial charge in [-0.3, -0.25) is 0 Å². The molecule has 0 N–H and O–H groups in total. The summed E-state index contributed by atoms with van der Waals surface area (Å²) in [6, 6.07) is 5.57. The average molecular weight is 240 g/mol. The third-order valence-electron chi connectivity index (χ3n) is 1.54. The monoisotopic (exact) mass is 240 g/mol. The molecule has 1 aromatic heterocycles. The topological polar surface area (TPSA) is 59.2 Å². The highest BCUT2D eigenvalue weighted by atomic mass is 32.2. The van der Waals surface area contributed by atoms with Crippen LogP contribution in [-0.2, 0) is 11.4 Å². The summed E-state index contributed by atoms with van der Waals surface area (Å²) in [5.74, 6) is 0. The van der Waals surface area contributed by atoms with Crippen molar-refractivity contribution in [3.05, 3.63) is 21.9 Å². The highest BCUT2D eigenvalue weighted by molar-refractivity contribution is 7.91. The molecule has 0 radical (unpaired) electrons. The van der Waals surface area contributed by atoms with Gasteiger partial charge >= 0.3 is 0 Å². The molecule has 0 fully saturated rings. The Labute approximate surface area is 96.8 Å². The van der Waals surface area contributed by atoms with E-state index in [2.05, 4.69) is 4.40 Å². The van der Waals surface area contributed by atoms with E-state index < -0.39 is 11.4 Å². The average Bonchev–Trinajstić information content (AvgIpc) is 2.60. The van der Waals surface area contributed by atoms with E-state index in [0.29, 0.717) is 4.88 Å². The van der Waals surface area contributed by atoms with Gasteiger partial charge in [-0.15, -0.1) is 11.3 Å². The van der Waals surface area contributed by atoms with Crippen molar-refractivity contribution < 1.29 is 4.55 Å². The second-order valence-electron chi connectivity index (χ2n) is 3.91. The largest absolute Gasteiger partial charge is 0.591 e. The molecule has 0 spiro atoms. The van der Waals surface area contributed by atoms with Gasteiger partial charge in [0.25, 0.3) is 0 Å². The summed E-state index contributed by atoms with van der Waals surface area (Å²) in [7, 11) is 0. The van der Waals surface area contributed by atoms with Crippen LogP contribution in [0.5, 0.6) is 0 Å². The molecule has 80 valence electrons. The normalized spacial score (nSPS) is 14.1. The number of rotatable bonds is 2. The van der Waals surface area contributed by atoms with Crippen LogP contribution in [-0.4, -0.2) is 15.5 Å². The van der Waals surface area contributed by atoms with Gasteiger partial charge in [-0.25, -0.2) is 0 Å². The van der Waals surface area contributed by atoms with Gasteiger partial charge in [0, 0.05) is 0 Å². The van der Waals surface area contributed by atoms with Gasteiger partial charge in [-0.05, 0) is 32.9 Å². The molecule has 1 aromatic rings. The molecule has 1 unspecified atom stereocenters. The molecule has 1 atom stereocenters. The molecule has 0 amide bonds. The van der Waals surface area contributed by atoms with Crippen molar-refractivity contribution in [2.24, 2.45) is 4.40 Å². The molecular formula is C10H12N2OS2. The highest BCUT2D eigenvalue weighted by Gasteiger charge is 2.25. The Bertz CT molecular complexity index is 398. The Morgan fingerprint density at radius 3 is 2.67 bits per heavy atom. The number of hydrogen-bond donors (Lipinski definition) is 0. The first-order valence-electron chi connectivity index (χ1n) is 4.39. The SMILES string of the molecule is CC(C)(C)[S+]([O-])N=Cc1ccc(C#N)s1. The molecule has 15 heavy (non-hydrogen) atoms. The fraction of sp³-hybridized carbons (Fsp3) is 0.400. The second kappa shape index (κ2) is 4.79. The van der Waals surface area contributed by atoms with Crippen LogP contribution in [0, 0.1) is 11.3 Å². The summed E-state index contributed by atoms with van der Waals surface area (Å²) in [5.41, 5.74) is 0. The van der Waals surface area contributed by atoms with Crippen molar-refractivity contribution in [1.82, 2.24) is 0 Å². The van der Waals surface area contributed by atoms with Crippen molar-refractivity contribution in [2.75, 3.05) is 0 Å². The molecule has 1 rings (SSSR count). The number of hydrogen-bond acceptors (Lipinski definition) is 4. The summed E-state index contributed by atoms with van der Waals surface area (Å²) in [5, 5.41) is 8.61. The van der Waals surface area contributed by atoms with Crippen molar-refractivity contribution in [3.8, 4) is 6.07 Å². The van der Waals surface area contributed by atoms with Gasteiger partial charge in [0.15, 0.2) is 0 Å². The third kappa shape index (κ3) is 3.67. The van der Waals surface area contributed by atoms with Gasteiger partial charge in [-0.1, -0.05) is 4.40 Å². The first kappa shape index (κ1) is 12.2. The zero-order chi connectivity index (χ0) is 11.5. The summed E-state index contributed by atoms with van der Waals surface area (Å²) in [6.07, 6.45) is 1.56. The Hall–Kier alpha value is -0.830. The quantitative estimate of drug-likeness (QED) is 0.589. The van der Waals surface area contributed by atoms with Gasteiger partial charge in [-0.2, -0.15) is 5.26 Å². The van der Waals surface area contributed by atoms with Crippen molar-refractivity contribution >= 4 is 28.9 Å². The molecule has 0 aromatic carbocycles. The Kier molecular flexibility index (Phi) is 3.91. The predicted molar refractivity (Wildman–Crippen MR) is 64.5 cm³/mol. The number of nitriles is 1. The van der Waals surface area contributed by atoms with E-state index in [1.54, 1.807) is 18.3 Å². The predicted octanol–water partition coefficient (Wildman–Crippen LogP) is 2.50. The maximum absolute atomic E-state index is 11.6. The van der Waals surface area contributed by atoms with Gasteiger partial charge in [0.05, 0.1) is 11.1 Å². The van der Waals surface area contributed by atoms with E-state index >= 15 is 0 Å². The van der Waals surface area contributed by atoms with Crippen molar-refractivity contribution in [1.29, 1.82) is 5.26 Å². The zero-order valence-corrected chi connectivity index (χ0v) is 10.5. The van der Waals surface area contributed by atoms with E-state index in [1.165, 1.54) is 11.3 Å². The second-order valence-corrected chi connectivity index (χ2v) is 6.96. The summed E-state index contributed by atoms with van der Waals surface area (Å²) in [4.78, 5) is 1.49. The Balaban J connectivity index is 2.70. The van der Waals surface area contributed by atoms with Gasteiger partial charge in [0.2, 0.25) is 0 Å². The molecule has 0 bridgehead atoms. The van der Waals surface area contributed by atoms with Crippen LogP contribution >= 0.6 is 11.3 Å². The van der Waals surface area contributed by atoms with Crippen LogP contribution in [0.4, 0.5) is 0 Å². The van der Waals surface area contributed by atoms with E-state index in [9.17, 15) is 4.55 Å². The van der Waals surface area contributed by atoms with Crippen LogP contribution in [0.15, 0.2) is 16.5 Å². The maximum Gasteiger partial charge on any atom is 0.144 e. The first-order chi connectivity index (χ1) is 6.93. The smallest absolute Gasteiger partial charge is 0.144 e. The van der Waals surface area contributed by atoms with Crippen molar-refractivity contribution in [2.45, 2.75) is 25.5 Å². The number of thiophene rings is 1. The lowest BCUT2D eigenvalue weighted by molar-refractivity contribution is 0.562. The lowest BCUT2D eigenvalue weighted by Crippen LogP contribution is -2.25. The van der Waals surface area contributed by atoms with E-state index in [4.69, 9.17) is 5.26 Å². The highest BCUT2D eigenvalue weighted by Crippen LogP contribution is 2.18. The third-order valence-corrected chi connectivity index (χ3v) is 3.81. The van der Waals surface area contributed by atoms with E-state index in [0.717, 1.165) is 4.88 Å². The van der Waals surface area contributed by atoms with Crippen molar-refractivity contribution in [3.63, 3.8) is 0 Å². The molecule has 1 heterocycles. The van der Waals surface area contributed by atoms with Gasteiger partial charge < -0.3 is 4.55 Å². The molecular weight excluding hydrogens is 228 g/mol. The standard InChI is InChI=1S/C10H12N2OS2/c1-10(2,3)15(13)12-7-9-5-4-8(6-11)14-9/h4-5,7H,1-3H3. The van der Waals surface area contributed by atoms with Crippen LogP contribution in [0.1, 0.15) is 30.5 Å². The fourth-order valence-corrected chi connectivity index (χ4v) is 2.01. The van der Waals surface area contributed by atoms with E-state index in [1.807, 2.05) is 26.8 Å². The zero-order valence-electron chi connectivity index (χ0n) is 8.85. The molecule has 0 saturated carbocycles. The van der Waals surface area contributed by atoms with E-state index in [-0.39, 0.29) is 4.75 Å². The molecule has 5 heteroatoms. The Morgan fingerprint density at radius 1 is 1.53 bits per heavy atom. The summed E-state index contributed by atoms with van der Waals surface area (Å²) in [6.45, 7) is 5.61. The summed E-state index contributed by atoms with van der Waals surface area (Å²) < 4.78 is 15.2. The molecule has 0 saturated heterocycles. The molecule has 0 aliphatic heterocycles. The van der Waals surface area contributed by atoms with Crippen LogP contribution in [0.2, 0.25) is 0 Å². The first-order valence-corrected chi connectivity index (χ1v) is 6.32. The molecule has 3 nitrogen and oxygen atoms in total. The van der Waals surface area contributed by atoms with Crippen LogP contribution < -0.4 is 0 Å². The van der Waals surface area contributed by atoms with Crippen LogP contribution in [0.3, 0.4) is 0 Å². The molecule has 0 aliphatic carbocycles. The minimum absolute atomic E-state index is 0.341.